The molecule has 3 aromatic rings. The number of halogens is 1. The predicted molar refractivity (Wildman–Crippen MR) is 90.7 cm³/mol. The fourth-order valence-electron chi connectivity index (χ4n) is 2.31. The van der Waals surface area contributed by atoms with Crippen LogP contribution in [0.15, 0.2) is 36.4 Å². The lowest BCUT2D eigenvalue weighted by molar-refractivity contribution is -0.116. The van der Waals surface area contributed by atoms with Gasteiger partial charge in [-0.3, -0.25) is 4.79 Å². The Hall–Kier alpha value is -2.80. The Morgan fingerprint density at radius 3 is 2.67 bits per heavy atom. The van der Waals surface area contributed by atoms with Crippen LogP contribution in [0.25, 0.3) is 11.0 Å². The lowest BCUT2D eigenvalue weighted by Gasteiger charge is -2.12. The van der Waals surface area contributed by atoms with Crippen molar-refractivity contribution >= 4 is 34.2 Å². The smallest absolute Gasteiger partial charge is 0.246 e. The number of carbonyl (C=O) groups is 1. The van der Waals surface area contributed by atoms with Gasteiger partial charge in [-0.2, -0.15) is 0 Å². The summed E-state index contributed by atoms with van der Waals surface area (Å²) in [5, 5.41) is 11.1. The van der Waals surface area contributed by atoms with E-state index in [1.54, 1.807) is 12.1 Å². The normalized spacial score (nSPS) is 10.6. The Labute approximate surface area is 143 Å². The first kappa shape index (κ1) is 16.1. The van der Waals surface area contributed by atoms with Gasteiger partial charge in [-0.15, -0.1) is 5.10 Å². The van der Waals surface area contributed by atoms with Gasteiger partial charge >= 0.3 is 0 Å². The van der Waals surface area contributed by atoms with Gasteiger partial charge in [-0.1, -0.05) is 28.9 Å². The molecular weight excluding hydrogens is 332 g/mol. The first-order chi connectivity index (χ1) is 11.6. The minimum absolute atomic E-state index is 0.0190. The van der Waals surface area contributed by atoms with Gasteiger partial charge in [0, 0.05) is 12.1 Å². The minimum Gasteiger partial charge on any atom is -0.493 e. The Kier molecular flexibility index (Phi) is 4.52. The van der Waals surface area contributed by atoms with E-state index in [1.165, 1.54) is 18.9 Å². The van der Waals surface area contributed by atoms with Crippen molar-refractivity contribution in [3.63, 3.8) is 0 Å². The molecule has 0 radical (unpaired) electrons. The van der Waals surface area contributed by atoms with E-state index in [2.05, 4.69) is 15.6 Å². The molecule has 0 aliphatic heterocycles. The van der Waals surface area contributed by atoms with Crippen LogP contribution in [0.4, 0.5) is 5.69 Å². The van der Waals surface area contributed by atoms with Crippen LogP contribution in [0.1, 0.15) is 0 Å². The molecule has 0 unspecified atom stereocenters. The van der Waals surface area contributed by atoms with Crippen LogP contribution in [0.2, 0.25) is 5.02 Å². The van der Waals surface area contributed by atoms with E-state index in [0.717, 1.165) is 11.0 Å². The zero-order valence-electron chi connectivity index (χ0n) is 13.1. The lowest BCUT2D eigenvalue weighted by Crippen LogP contribution is -2.19. The number of hydrogen-bond acceptors (Lipinski definition) is 5. The number of para-hydroxylation sites is 1. The van der Waals surface area contributed by atoms with Crippen molar-refractivity contribution in [3.05, 3.63) is 41.4 Å². The monoisotopic (exact) mass is 346 g/mol. The maximum Gasteiger partial charge on any atom is 0.246 e. The number of anilines is 1. The summed E-state index contributed by atoms with van der Waals surface area (Å²) in [5.74, 6) is 0.686. The molecular formula is C16H15ClN4O3. The highest BCUT2D eigenvalue weighted by Crippen LogP contribution is 2.36. The molecule has 124 valence electrons. The Bertz CT molecular complexity index is 894. The second kappa shape index (κ2) is 6.76. The lowest BCUT2D eigenvalue weighted by atomic mass is 10.2. The number of rotatable bonds is 5. The quantitative estimate of drug-likeness (QED) is 0.768. The van der Waals surface area contributed by atoms with Crippen molar-refractivity contribution in [1.82, 2.24) is 15.0 Å². The molecule has 8 heteroatoms. The molecule has 0 bridgehead atoms. The van der Waals surface area contributed by atoms with Crippen molar-refractivity contribution < 1.29 is 14.3 Å². The Balaban J connectivity index is 1.80. The number of ether oxygens (including phenoxy) is 2. The minimum atomic E-state index is -0.278. The van der Waals surface area contributed by atoms with Gasteiger partial charge in [0.05, 0.1) is 30.4 Å². The summed E-state index contributed by atoms with van der Waals surface area (Å²) in [5.41, 5.74) is 1.95. The molecule has 0 spiro atoms. The first-order valence-corrected chi connectivity index (χ1v) is 7.49. The molecule has 1 aromatic heterocycles. The summed E-state index contributed by atoms with van der Waals surface area (Å²) in [4.78, 5) is 12.3. The Morgan fingerprint density at radius 1 is 1.21 bits per heavy atom. The topological polar surface area (TPSA) is 78.3 Å². The van der Waals surface area contributed by atoms with Gasteiger partial charge < -0.3 is 14.8 Å². The summed E-state index contributed by atoms with van der Waals surface area (Å²) in [6, 6.07) is 10.6. The third kappa shape index (κ3) is 3.11. The molecule has 0 saturated carbocycles. The van der Waals surface area contributed by atoms with Gasteiger partial charge in [0.25, 0.3) is 0 Å². The van der Waals surface area contributed by atoms with E-state index in [-0.39, 0.29) is 12.5 Å². The largest absolute Gasteiger partial charge is 0.493 e. The van der Waals surface area contributed by atoms with E-state index in [9.17, 15) is 4.79 Å². The van der Waals surface area contributed by atoms with E-state index in [4.69, 9.17) is 21.1 Å². The molecule has 1 N–H and O–H groups in total. The fraction of sp³-hybridized carbons (Fsp3) is 0.188. The Morgan fingerprint density at radius 2 is 1.92 bits per heavy atom. The average molecular weight is 347 g/mol. The van der Waals surface area contributed by atoms with E-state index < -0.39 is 0 Å². The molecule has 0 aliphatic rings. The number of amides is 1. The zero-order valence-corrected chi connectivity index (χ0v) is 13.9. The van der Waals surface area contributed by atoms with Gasteiger partial charge in [-0.25, -0.2) is 4.68 Å². The second-order valence-electron chi connectivity index (χ2n) is 4.97. The van der Waals surface area contributed by atoms with Crippen LogP contribution in [-0.2, 0) is 11.3 Å². The van der Waals surface area contributed by atoms with Gasteiger partial charge in [0.1, 0.15) is 12.1 Å². The third-order valence-corrected chi connectivity index (χ3v) is 3.77. The SMILES string of the molecule is COc1cc(Cl)c(NC(=O)Cn2nnc3ccccc32)cc1OC. The standard InChI is InChI=1S/C16H15ClN4O3/c1-23-14-7-10(17)12(8-15(14)24-2)18-16(22)9-21-13-6-4-3-5-11(13)19-20-21/h3-8H,9H2,1-2H3,(H,18,22). The highest BCUT2D eigenvalue weighted by atomic mass is 35.5. The van der Waals surface area contributed by atoms with Gasteiger partial charge in [0.15, 0.2) is 11.5 Å². The van der Waals surface area contributed by atoms with E-state index >= 15 is 0 Å². The third-order valence-electron chi connectivity index (χ3n) is 3.46. The van der Waals surface area contributed by atoms with Crippen LogP contribution in [0, 0.1) is 0 Å². The van der Waals surface area contributed by atoms with Crippen molar-refractivity contribution in [2.45, 2.75) is 6.54 Å². The molecule has 7 nitrogen and oxygen atoms in total. The van der Waals surface area contributed by atoms with Crippen LogP contribution in [0.3, 0.4) is 0 Å². The maximum atomic E-state index is 12.3. The molecule has 1 amide bonds. The highest BCUT2D eigenvalue weighted by Gasteiger charge is 2.14. The summed E-state index contributed by atoms with van der Waals surface area (Å²) in [7, 11) is 3.03. The second-order valence-corrected chi connectivity index (χ2v) is 5.38. The van der Waals surface area contributed by atoms with Crippen LogP contribution < -0.4 is 14.8 Å². The van der Waals surface area contributed by atoms with Crippen LogP contribution in [-0.4, -0.2) is 35.1 Å². The van der Waals surface area contributed by atoms with Gasteiger partial charge in [0.2, 0.25) is 5.91 Å². The van der Waals surface area contributed by atoms with Crippen molar-refractivity contribution in [3.8, 4) is 11.5 Å². The summed E-state index contributed by atoms with van der Waals surface area (Å²) < 4.78 is 11.9. The number of benzene rings is 2. The molecule has 0 atom stereocenters. The molecule has 1 heterocycles. The number of fused-ring (bicyclic) bond motifs is 1. The first-order valence-electron chi connectivity index (χ1n) is 7.12. The number of methoxy groups -OCH3 is 2. The fourth-order valence-corrected chi connectivity index (χ4v) is 2.51. The number of carbonyl (C=O) groups excluding carboxylic acids is 1. The van der Waals surface area contributed by atoms with Crippen LogP contribution >= 0.6 is 11.6 Å². The molecule has 24 heavy (non-hydrogen) atoms. The molecule has 0 saturated heterocycles. The predicted octanol–water partition coefficient (Wildman–Crippen LogP) is 2.74. The number of aromatic nitrogens is 3. The van der Waals surface area contributed by atoms with Gasteiger partial charge in [-0.05, 0) is 12.1 Å². The van der Waals surface area contributed by atoms with Crippen molar-refractivity contribution in [1.29, 1.82) is 0 Å². The molecule has 2 aromatic carbocycles. The molecule has 0 fully saturated rings. The summed E-state index contributed by atoms with van der Waals surface area (Å²) >= 11 is 6.17. The number of hydrogen-bond donors (Lipinski definition) is 1. The maximum absolute atomic E-state index is 12.3. The molecule has 0 aliphatic carbocycles. The van der Waals surface area contributed by atoms with E-state index in [0.29, 0.717) is 22.2 Å². The van der Waals surface area contributed by atoms with Crippen LogP contribution in [0.5, 0.6) is 11.5 Å². The van der Waals surface area contributed by atoms with E-state index in [1.807, 2.05) is 24.3 Å². The summed E-state index contributed by atoms with van der Waals surface area (Å²) in [6.07, 6.45) is 0. The van der Waals surface area contributed by atoms with Crippen molar-refractivity contribution in [2.24, 2.45) is 0 Å². The summed E-state index contributed by atoms with van der Waals surface area (Å²) in [6.45, 7) is 0.0190. The number of nitrogens with one attached hydrogen (secondary N) is 1. The number of nitrogens with zero attached hydrogens (tertiary/aromatic N) is 3. The molecule has 3 rings (SSSR count). The average Bonchev–Trinajstić information content (AvgIpc) is 2.99. The van der Waals surface area contributed by atoms with Crippen molar-refractivity contribution in [2.75, 3.05) is 19.5 Å². The zero-order chi connectivity index (χ0) is 17.1. The highest BCUT2D eigenvalue weighted by molar-refractivity contribution is 6.34.